The van der Waals surface area contributed by atoms with E-state index in [0.29, 0.717) is 18.7 Å². The first-order valence-corrected chi connectivity index (χ1v) is 11.9. The Kier molecular flexibility index (Phi) is 8.10. The molecule has 0 bridgehead atoms. The van der Waals surface area contributed by atoms with Crippen LogP contribution in [0.15, 0.2) is 41.3 Å². The number of ether oxygens (including phenoxy) is 1. The average molecular weight is 457 g/mol. The van der Waals surface area contributed by atoms with E-state index in [1.807, 2.05) is 55.6 Å². The second-order valence-electron chi connectivity index (χ2n) is 8.35. The Balaban J connectivity index is 1.96. The first kappa shape index (κ1) is 24.0. The quantitative estimate of drug-likeness (QED) is 0.245. The summed E-state index contributed by atoms with van der Waals surface area (Å²) >= 11 is 1.48. The number of amides is 1. The molecule has 1 amide bonds. The smallest absolute Gasteiger partial charge is 0.295 e. The number of carbonyl (C=O) groups excluding carboxylic acids is 2. The minimum atomic E-state index is -0.633. The fraction of sp³-hybridized carbons (Fsp3) is 0.440. The molecular formula is C25H32N2O4S. The number of nitrogens with zero attached hydrogens (tertiary/aromatic N) is 2. The summed E-state index contributed by atoms with van der Waals surface area (Å²) in [6.45, 7) is 5.91. The number of ketones is 1. The van der Waals surface area contributed by atoms with Crippen molar-refractivity contribution in [3.8, 4) is 5.75 Å². The number of aliphatic hydroxyl groups is 1. The van der Waals surface area contributed by atoms with Gasteiger partial charge in [0.05, 0.1) is 18.2 Å². The molecule has 0 radical (unpaired) electrons. The largest absolute Gasteiger partial charge is 0.507 e. The van der Waals surface area contributed by atoms with Crippen LogP contribution < -0.4 is 4.74 Å². The zero-order chi connectivity index (χ0) is 23.3. The van der Waals surface area contributed by atoms with Crippen molar-refractivity contribution >= 4 is 28.8 Å². The second kappa shape index (κ2) is 10.8. The number of benzene rings is 1. The van der Waals surface area contributed by atoms with Gasteiger partial charge in [-0.25, -0.2) is 0 Å². The lowest BCUT2D eigenvalue weighted by atomic mass is 9.98. The highest BCUT2D eigenvalue weighted by Crippen LogP contribution is 2.41. The van der Waals surface area contributed by atoms with Gasteiger partial charge in [-0.15, -0.1) is 11.3 Å². The predicted molar refractivity (Wildman–Crippen MR) is 128 cm³/mol. The molecule has 1 aliphatic rings. The Bertz CT molecular complexity index is 982. The van der Waals surface area contributed by atoms with Gasteiger partial charge in [-0.2, -0.15) is 0 Å². The molecule has 6 nitrogen and oxygen atoms in total. The van der Waals surface area contributed by atoms with Crippen molar-refractivity contribution < 1.29 is 19.4 Å². The normalized spacial score (nSPS) is 18.0. The summed E-state index contributed by atoms with van der Waals surface area (Å²) in [5.74, 6) is -0.569. The maximum atomic E-state index is 13.0. The zero-order valence-corrected chi connectivity index (χ0v) is 20.1. The van der Waals surface area contributed by atoms with Crippen LogP contribution in [-0.4, -0.2) is 60.4 Å². The Labute approximate surface area is 194 Å². The maximum Gasteiger partial charge on any atom is 0.295 e. The zero-order valence-electron chi connectivity index (χ0n) is 19.3. The van der Waals surface area contributed by atoms with E-state index in [-0.39, 0.29) is 11.3 Å². The van der Waals surface area contributed by atoms with E-state index in [4.69, 9.17) is 4.74 Å². The molecule has 1 saturated heterocycles. The van der Waals surface area contributed by atoms with Crippen LogP contribution in [0.2, 0.25) is 0 Å². The lowest BCUT2D eigenvalue weighted by molar-refractivity contribution is -0.139. The van der Waals surface area contributed by atoms with Gasteiger partial charge in [0.2, 0.25) is 0 Å². The van der Waals surface area contributed by atoms with Crippen LogP contribution in [0.4, 0.5) is 0 Å². The van der Waals surface area contributed by atoms with Crippen LogP contribution in [0, 0.1) is 6.92 Å². The molecule has 1 aliphatic heterocycles. The van der Waals surface area contributed by atoms with Crippen LogP contribution in [0.5, 0.6) is 5.75 Å². The molecule has 32 heavy (non-hydrogen) atoms. The standard InChI is InChI=1S/C25H32N2O4S/c1-5-6-14-31-19-11-10-18(16-17(19)2)23(28)21-22(20-9-7-15-32-20)27(25(30)24(21)29)13-8-12-26(3)4/h7,9-11,15-16,22,28H,5-6,8,12-14H2,1-4H3/t22-/m0/s1. The molecule has 0 saturated carbocycles. The van der Waals surface area contributed by atoms with Gasteiger partial charge in [0.1, 0.15) is 11.5 Å². The Morgan fingerprint density at radius 1 is 1.22 bits per heavy atom. The van der Waals surface area contributed by atoms with E-state index in [2.05, 4.69) is 6.92 Å². The summed E-state index contributed by atoms with van der Waals surface area (Å²) in [4.78, 5) is 30.4. The number of Topliss-reactive ketones (excluding diaryl/α,β-unsaturated/α-hetero) is 1. The van der Waals surface area contributed by atoms with Gasteiger partial charge in [0.25, 0.3) is 11.7 Å². The number of aliphatic hydroxyl groups excluding tert-OH is 1. The average Bonchev–Trinajstić information content (AvgIpc) is 3.37. The predicted octanol–water partition coefficient (Wildman–Crippen LogP) is 4.61. The number of hydrogen-bond acceptors (Lipinski definition) is 6. The van der Waals surface area contributed by atoms with Crippen molar-refractivity contribution in [3.05, 3.63) is 57.3 Å². The minimum Gasteiger partial charge on any atom is -0.507 e. The number of likely N-dealkylation sites (tertiary alicyclic amines) is 1. The third-order valence-corrected chi connectivity index (χ3v) is 6.49. The summed E-state index contributed by atoms with van der Waals surface area (Å²) in [6, 6.07) is 8.59. The van der Waals surface area contributed by atoms with E-state index in [0.717, 1.165) is 42.0 Å². The van der Waals surface area contributed by atoms with Gasteiger partial charge in [0.15, 0.2) is 0 Å². The third kappa shape index (κ3) is 5.22. The second-order valence-corrected chi connectivity index (χ2v) is 9.33. The molecule has 1 N–H and O–H groups in total. The van der Waals surface area contributed by atoms with E-state index in [1.165, 1.54) is 11.3 Å². The number of unbranched alkanes of at least 4 members (excludes halogenated alkanes) is 1. The molecule has 1 atom stereocenters. The van der Waals surface area contributed by atoms with Gasteiger partial charge in [0, 0.05) is 17.0 Å². The monoisotopic (exact) mass is 456 g/mol. The van der Waals surface area contributed by atoms with Crippen LogP contribution >= 0.6 is 11.3 Å². The van der Waals surface area contributed by atoms with Gasteiger partial charge in [-0.3, -0.25) is 9.59 Å². The van der Waals surface area contributed by atoms with E-state index in [1.54, 1.807) is 11.0 Å². The van der Waals surface area contributed by atoms with Crippen LogP contribution in [-0.2, 0) is 9.59 Å². The number of aryl methyl sites for hydroxylation is 1. The van der Waals surface area contributed by atoms with E-state index < -0.39 is 17.7 Å². The molecule has 1 aromatic heterocycles. The van der Waals surface area contributed by atoms with Gasteiger partial charge in [-0.1, -0.05) is 19.4 Å². The molecule has 0 spiro atoms. The molecule has 2 heterocycles. The molecule has 7 heteroatoms. The minimum absolute atomic E-state index is 0.139. The number of hydrogen-bond donors (Lipinski definition) is 1. The van der Waals surface area contributed by atoms with Crippen LogP contribution in [0.25, 0.3) is 5.76 Å². The number of thiophene rings is 1. The third-order valence-electron chi connectivity index (χ3n) is 5.56. The SMILES string of the molecule is CCCCOc1ccc(C(O)=C2C(=O)C(=O)N(CCCN(C)C)[C@H]2c2cccs2)cc1C. The van der Waals surface area contributed by atoms with Crippen LogP contribution in [0.3, 0.4) is 0 Å². The summed E-state index contributed by atoms with van der Waals surface area (Å²) in [6.07, 6.45) is 2.76. The lowest BCUT2D eigenvalue weighted by Gasteiger charge is -2.24. The van der Waals surface area contributed by atoms with Gasteiger partial charge < -0.3 is 19.6 Å². The highest BCUT2D eigenvalue weighted by Gasteiger charge is 2.46. The fourth-order valence-electron chi connectivity index (χ4n) is 3.85. The van der Waals surface area contributed by atoms with Crippen molar-refractivity contribution in [1.29, 1.82) is 0 Å². The Hall–Kier alpha value is -2.64. The number of rotatable bonds is 10. The molecule has 0 aliphatic carbocycles. The number of carbonyl (C=O) groups is 2. The van der Waals surface area contributed by atoms with Crippen molar-refractivity contribution in [1.82, 2.24) is 9.80 Å². The van der Waals surface area contributed by atoms with E-state index >= 15 is 0 Å². The molecule has 0 unspecified atom stereocenters. The summed E-state index contributed by atoms with van der Waals surface area (Å²) < 4.78 is 5.81. The maximum absolute atomic E-state index is 13.0. The lowest BCUT2D eigenvalue weighted by Crippen LogP contribution is -2.32. The fourth-order valence-corrected chi connectivity index (χ4v) is 4.70. The van der Waals surface area contributed by atoms with Crippen molar-refractivity contribution in [2.45, 2.75) is 39.2 Å². The van der Waals surface area contributed by atoms with Crippen molar-refractivity contribution in [3.63, 3.8) is 0 Å². The van der Waals surface area contributed by atoms with Gasteiger partial charge in [-0.05, 0) is 75.6 Å². The molecule has 1 fully saturated rings. The highest BCUT2D eigenvalue weighted by molar-refractivity contribution is 7.10. The molecule has 172 valence electrons. The van der Waals surface area contributed by atoms with E-state index in [9.17, 15) is 14.7 Å². The molecule has 2 aromatic rings. The van der Waals surface area contributed by atoms with Gasteiger partial charge >= 0.3 is 0 Å². The summed E-state index contributed by atoms with van der Waals surface area (Å²) in [7, 11) is 3.95. The summed E-state index contributed by atoms with van der Waals surface area (Å²) in [5, 5.41) is 13.1. The van der Waals surface area contributed by atoms with Crippen molar-refractivity contribution in [2.24, 2.45) is 0 Å². The van der Waals surface area contributed by atoms with Crippen LogP contribution in [0.1, 0.15) is 48.2 Å². The molecular weight excluding hydrogens is 424 g/mol. The summed E-state index contributed by atoms with van der Waals surface area (Å²) in [5.41, 5.74) is 1.54. The molecule has 3 rings (SSSR count). The first-order chi connectivity index (χ1) is 15.3. The Morgan fingerprint density at radius 3 is 2.62 bits per heavy atom. The first-order valence-electron chi connectivity index (χ1n) is 11.1. The highest BCUT2D eigenvalue weighted by atomic mass is 32.1. The van der Waals surface area contributed by atoms with Crippen molar-refractivity contribution in [2.75, 3.05) is 33.8 Å². The molecule has 1 aromatic carbocycles. The Morgan fingerprint density at radius 2 is 2.00 bits per heavy atom. The topological polar surface area (TPSA) is 70.1 Å².